The van der Waals surface area contributed by atoms with Crippen molar-refractivity contribution in [3.05, 3.63) is 47.5 Å². The summed E-state index contributed by atoms with van der Waals surface area (Å²) < 4.78 is 48.9. The molecule has 0 aliphatic carbocycles. The standard InChI is InChI=1S/C24H21F3N4O4/c1-14-10-15(12-28)11-19-21(14)35-22(30-19)16-2-4-17(5-3-16)29-20(32)13-34-18-6-8-31(9-7-18)23(33)24(25,26)27/h2-5,10-11,18H,6-9,13H2,1H3,(H,29,32). The van der Waals surface area contributed by atoms with Crippen molar-refractivity contribution in [1.82, 2.24) is 9.88 Å². The minimum atomic E-state index is -4.89. The number of alkyl halides is 3. The molecule has 0 saturated carbocycles. The first-order valence-corrected chi connectivity index (χ1v) is 10.8. The van der Waals surface area contributed by atoms with Gasteiger partial charge in [0.05, 0.1) is 17.7 Å². The second-order valence-electron chi connectivity index (χ2n) is 8.20. The summed E-state index contributed by atoms with van der Waals surface area (Å²) in [6.07, 6.45) is -4.83. The molecule has 11 heteroatoms. The molecule has 1 N–H and O–H groups in total. The van der Waals surface area contributed by atoms with Gasteiger partial charge in [-0.25, -0.2) is 4.98 Å². The molecule has 0 atom stereocenters. The molecule has 1 fully saturated rings. The number of aryl methyl sites for hydroxylation is 1. The van der Waals surface area contributed by atoms with Crippen LogP contribution in [-0.4, -0.2) is 53.7 Å². The number of nitrogens with one attached hydrogen (secondary N) is 1. The van der Waals surface area contributed by atoms with Gasteiger partial charge < -0.3 is 19.4 Å². The zero-order valence-corrected chi connectivity index (χ0v) is 18.7. The van der Waals surface area contributed by atoms with Crippen LogP contribution in [0, 0.1) is 18.3 Å². The SMILES string of the molecule is Cc1cc(C#N)cc2nc(-c3ccc(NC(=O)COC4CCN(C(=O)C(F)(F)F)CC4)cc3)oc12. The third-order valence-corrected chi connectivity index (χ3v) is 5.64. The maximum absolute atomic E-state index is 12.5. The third kappa shape index (κ3) is 5.60. The minimum absolute atomic E-state index is 0.0702. The second kappa shape index (κ2) is 9.76. The summed E-state index contributed by atoms with van der Waals surface area (Å²) in [7, 11) is 0. The second-order valence-corrected chi connectivity index (χ2v) is 8.20. The number of rotatable bonds is 5. The number of hydrogen-bond donors (Lipinski definition) is 1. The lowest BCUT2D eigenvalue weighted by Gasteiger charge is -2.32. The molecule has 2 heterocycles. The van der Waals surface area contributed by atoms with E-state index in [1.54, 1.807) is 36.4 Å². The Bertz CT molecular complexity index is 1290. The van der Waals surface area contributed by atoms with Gasteiger partial charge in [-0.2, -0.15) is 18.4 Å². The van der Waals surface area contributed by atoms with Gasteiger partial charge >= 0.3 is 12.1 Å². The molecule has 0 radical (unpaired) electrons. The number of amides is 2. The van der Waals surface area contributed by atoms with Gasteiger partial charge in [0.1, 0.15) is 12.1 Å². The molecule has 1 aliphatic heterocycles. The van der Waals surface area contributed by atoms with E-state index < -0.39 is 24.1 Å². The zero-order valence-electron chi connectivity index (χ0n) is 18.7. The molecule has 2 aromatic carbocycles. The number of hydrogen-bond acceptors (Lipinski definition) is 6. The monoisotopic (exact) mass is 486 g/mol. The summed E-state index contributed by atoms with van der Waals surface area (Å²) in [6, 6.07) is 12.3. The molecule has 182 valence electrons. The van der Waals surface area contributed by atoms with E-state index in [9.17, 15) is 22.8 Å². The molecule has 1 aromatic heterocycles. The van der Waals surface area contributed by atoms with Gasteiger partial charge in [-0.05, 0) is 61.7 Å². The van der Waals surface area contributed by atoms with Crippen LogP contribution in [0.3, 0.4) is 0 Å². The summed E-state index contributed by atoms with van der Waals surface area (Å²) in [5, 5.41) is 11.8. The maximum Gasteiger partial charge on any atom is 0.471 e. The average Bonchev–Trinajstić information content (AvgIpc) is 3.27. The summed E-state index contributed by atoms with van der Waals surface area (Å²) in [5.74, 6) is -1.88. The number of carbonyl (C=O) groups is 2. The topological polar surface area (TPSA) is 108 Å². The number of halogens is 3. The van der Waals surface area contributed by atoms with Crippen LogP contribution < -0.4 is 5.32 Å². The van der Waals surface area contributed by atoms with Crippen molar-refractivity contribution in [2.45, 2.75) is 32.0 Å². The van der Waals surface area contributed by atoms with E-state index in [0.717, 1.165) is 10.5 Å². The van der Waals surface area contributed by atoms with E-state index in [2.05, 4.69) is 16.4 Å². The van der Waals surface area contributed by atoms with Crippen molar-refractivity contribution in [1.29, 1.82) is 5.26 Å². The highest BCUT2D eigenvalue weighted by molar-refractivity contribution is 5.92. The summed E-state index contributed by atoms with van der Waals surface area (Å²) in [5.41, 5.74) is 3.69. The number of nitriles is 1. The Balaban J connectivity index is 1.29. The average molecular weight is 486 g/mol. The Morgan fingerprint density at radius 2 is 1.91 bits per heavy atom. The van der Waals surface area contributed by atoms with Crippen LogP contribution in [0.1, 0.15) is 24.0 Å². The summed E-state index contributed by atoms with van der Waals surface area (Å²) in [6.45, 7) is 1.44. The molecule has 2 amide bonds. The van der Waals surface area contributed by atoms with Crippen LogP contribution >= 0.6 is 0 Å². The largest absolute Gasteiger partial charge is 0.471 e. The van der Waals surface area contributed by atoms with Crippen LogP contribution in [0.5, 0.6) is 0 Å². The molecule has 0 unspecified atom stereocenters. The lowest BCUT2D eigenvalue weighted by molar-refractivity contribution is -0.187. The van der Waals surface area contributed by atoms with Crippen molar-refractivity contribution < 1.29 is 31.9 Å². The van der Waals surface area contributed by atoms with Crippen LogP contribution in [0.25, 0.3) is 22.6 Å². The lowest BCUT2D eigenvalue weighted by atomic mass is 10.1. The highest BCUT2D eigenvalue weighted by atomic mass is 19.4. The Morgan fingerprint density at radius 3 is 2.54 bits per heavy atom. The number of fused-ring (bicyclic) bond motifs is 1. The minimum Gasteiger partial charge on any atom is -0.436 e. The first-order chi connectivity index (χ1) is 16.6. The number of oxazole rings is 1. The summed E-state index contributed by atoms with van der Waals surface area (Å²) >= 11 is 0. The lowest BCUT2D eigenvalue weighted by Crippen LogP contribution is -2.47. The molecule has 8 nitrogen and oxygen atoms in total. The molecule has 0 bridgehead atoms. The van der Waals surface area contributed by atoms with Gasteiger partial charge in [0.25, 0.3) is 0 Å². The van der Waals surface area contributed by atoms with E-state index in [1.165, 1.54) is 0 Å². The number of benzene rings is 2. The molecule has 4 rings (SSSR count). The van der Waals surface area contributed by atoms with Crippen molar-refractivity contribution >= 4 is 28.6 Å². The number of piperidine rings is 1. The number of aromatic nitrogens is 1. The van der Waals surface area contributed by atoms with Gasteiger partial charge in [-0.3, -0.25) is 9.59 Å². The highest BCUT2D eigenvalue weighted by Gasteiger charge is 2.43. The highest BCUT2D eigenvalue weighted by Crippen LogP contribution is 2.28. The Labute approximate surface area is 198 Å². The quantitative estimate of drug-likeness (QED) is 0.580. The van der Waals surface area contributed by atoms with Gasteiger partial charge in [-0.1, -0.05) is 0 Å². The van der Waals surface area contributed by atoms with E-state index in [1.807, 2.05) is 6.92 Å². The van der Waals surface area contributed by atoms with E-state index in [4.69, 9.17) is 14.4 Å². The molecule has 1 aliphatic rings. The molecular formula is C24H21F3N4O4. The van der Waals surface area contributed by atoms with E-state index in [0.29, 0.717) is 33.8 Å². The Hall–Kier alpha value is -3.91. The summed E-state index contributed by atoms with van der Waals surface area (Å²) in [4.78, 5) is 28.7. The third-order valence-electron chi connectivity index (χ3n) is 5.64. The van der Waals surface area contributed by atoms with Crippen molar-refractivity contribution in [2.75, 3.05) is 25.0 Å². The number of carbonyl (C=O) groups excluding carboxylic acids is 2. The predicted molar refractivity (Wildman–Crippen MR) is 119 cm³/mol. The van der Waals surface area contributed by atoms with E-state index in [-0.39, 0.29) is 32.5 Å². The fourth-order valence-corrected chi connectivity index (χ4v) is 3.88. The first kappa shape index (κ1) is 24.2. The molecular weight excluding hydrogens is 465 g/mol. The molecule has 0 spiro atoms. The molecule has 3 aromatic rings. The van der Waals surface area contributed by atoms with Crippen molar-refractivity contribution in [3.8, 4) is 17.5 Å². The van der Waals surface area contributed by atoms with Gasteiger partial charge in [0.15, 0.2) is 5.58 Å². The fraction of sp³-hybridized carbons (Fsp3) is 0.333. The number of likely N-dealkylation sites (tertiary alicyclic amines) is 1. The van der Waals surface area contributed by atoms with Crippen molar-refractivity contribution in [3.63, 3.8) is 0 Å². The van der Waals surface area contributed by atoms with Crippen LogP contribution in [0.4, 0.5) is 18.9 Å². The van der Waals surface area contributed by atoms with Gasteiger partial charge in [-0.15, -0.1) is 0 Å². The molecule has 1 saturated heterocycles. The number of nitrogens with zero attached hydrogens (tertiary/aromatic N) is 3. The number of anilines is 1. The predicted octanol–water partition coefficient (Wildman–Crippen LogP) is 4.18. The first-order valence-electron chi connectivity index (χ1n) is 10.8. The fourth-order valence-electron chi connectivity index (χ4n) is 3.88. The molecule has 35 heavy (non-hydrogen) atoms. The van der Waals surface area contributed by atoms with Crippen LogP contribution in [0.2, 0.25) is 0 Å². The Morgan fingerprint density at radius 1 is 1.23 bits per heavy atom. The number of ether oxygens (including phenoxy) is 1. The van der Waals surface area contributed by atoms with Gasteiger partial charge in [0.2, 0.25) is 11.8 Å². The smallest absolute Gasteiger partial charge is 0.436 e. The maximum atomic E-state index is 12.5. The Kier molecular flexibility index (Phi) is 6.75. The van der Waals surface area contributed by atoms with Crippen LogP contribution in [-0.2, 0) is 14.3 Å². The van der Waals surface area contributed by atoms with Gasteiger partial charge in [0, 0.05) is 24.3 Å². The van der Waals surface area contributed by atoms with E-state index >= 15 is 0 Å². The van der Waals surface area contributed by atoms with Crippen molar-refractivity contribution in [2.24, 2.45) is 0 Å². The zero-order chi connectivity index (χ0) is 25.2. The van der Waals surface area contributed by atoms with Crippen LogP contribution in [0.15, 0.2) is 40.8 Å². The normalized spacial score (nSPS) is 14.7.